The quantitative estimate of drug-likeness (QED) is 0.804. The summed E-state index contributed by atoms with van der Waals surface area (Å²) in [6, 6.07) is 7.56. The van der Waals surface area contributed by atoms with Crippen molar-refractivity contribution in [2.75, 3.05) is 0 Å². The highest BCUT2D eigenvalue weighted by atomic mass is 16.6. The zero-order chi connectivity index (χ0) is 17.5. The third-order valence-electron chi connectivity index (χ3n) is 4.96. The number of hydrogen-bond acceptors (Lipinski definition) is 3. The molecule has 4 nitrogen and oxygen atoms in total. The Labute approximate surface area is 143 Å². The molecule has 2 saturated heterocycles. The first-order valence-electron chi connectivity index (χ1n) is 8.53. The van der Waals surface area contributed by atoms with Crippen molar-refractivity contribution in [3.05, 3.63) is 35.4 Å². The topological polar surface area (TPSA) is 49.8 Å². The van der Waals surface area contributed by atoms with Crippen LogP contribution in [-0.2, 0) is 10.3 Å². The number of aliphatic hydroxyl groups is 1. The Morgan fingerprint density at radius 3 is 2.25 bits per heavy atom. The normalized spacial score (nSPS) is 29.2. The van der Waals surface area contributed by atoms with Crippen LogP contribution in [0, 0.1) is 12.3 Å². The third kappa shape index (κ3) is 3.14. The number of rotatable bonds is 1. The van der Waals surface area contributed by atoms with Gasteiger partial charge in [0, 0.05) is 30.5 Å². The van der Waals surface area contributed by atoms with E-state index in [0.29, 0.717) is 12.8 Å². The molecule has 2 heterocycles. The van der Waals surface area contributed by atoms with Gasteiger partial charge in [0.1, 0.15) is 5.60 Å². The number of ether oxygens (including phenoxy) is 1. The minimum atomic E-state index is -0.905. The standard InChI is InChI=1S/C20H25NO3/c1-5-14-6-8-15(9-7-14)20(23)12-16-10-11-17(13-20)21(16)18(22)24-19(2,3)4/h1,6-9,16-17,23H,10-13H2,2-4H3. The number of fused-ring (bicyclic) bond motifs is 2. The zero-order valence-corrected chi connectivity index (χ0v) is 14.6. The maximum absolute atomic E-state index is 12.5. The first-order valence-corrected chi connectivity index (χ1v) is 8.53. The molecule has 2 atom stereocenters. The van der Waals surface area contributed by atoms with E-state index in [1.807, 2.05) is 49.9 Å². The number of amides is 1. The van der Waals surface area contributed by atoms with E-state index in [9.17, 15) is 9.90 Å². The van der Waals surface area contributed by atoms with Crippen molar-refractivity contribution in [2.45, 2.75) is 69.7 Å². The van der Waals surface area contributed by atoms with Crippen molar-refractivity contribution in [1.82, 2.24) is 4.90 Å². The van der Waals surface area contributed by atoms with Crippen LogP contribution in [0.3, 0.4) is 0 Å². The number of carbonyl (C=O) groups excluding carboxylic acids is 1. The third-order valence-corrected chi connectivity index (χ3v) is 4.96. The number of nitrogens with zero attached hydrogens (tertiary/aromatic N) is 1. The van der Waals surface area contributed by atoms with Crippen LogP contribution in [0.25, 0.3) is 0 Å². The molecule has 24 heavy (non-hydrogen) atoms. The molecule has 0 spiro atoms. The van der Waals surface area contributed by atoms with Crippen molar-refractivity contribution in [3.8, 4) is 12.3 Å². The van der Waals surface area contributed by atoms with Gasteiger partial charge in [-0.1, -0.05) is 18.1 Å². The van der Waals surface area contributed by atoms with Crippen molar-refractivity contribution < 1.29 is 14.6 Å². The highest BCUT2D eigenvalue weighted by molar-refractivity contribution is 5.69. The zero-order valence-electron chi connectivity index (χ0n) is 14.6. The Morgan fingerprint density at radius 1 is 1.25 bits per heavy atom. The Morgan fingerprint density at radius 2 is 1.79 bits per heavy atom. The van der Waals surface area contributed by atoms with Crippen molar-refractivity contribution in [3.63, 3.8) is 0 Å². The second-order valence-electron chi connectivity index (χ2n) is 7.93. The van der Waals surface area contributed by atoms with E-state index >= 15 is 0 Å². The van der Waals surface area contributed by atoms with Gasteiger partial charge in [-0.05, 0) is 51.3 Å². The molecule has 0 radical (unpaired) electrons. The maximum atomic E-state index is 12.5. The van der Waals surface area contributed by atoms with Crippen LogP contribution >= 0.6 is 0 Å². The predicted molar refractivity (Wildman–Crippen MR) is 92.4 cm³/mol. The van der Waals surface area contributed by atoms with Crippen LogP contribution < -0.4 is 0 Å². The lowest BCUT2D eigenvalue weighted by Gasteiger charge is -2.44. The van der Waals surface area contributed by atoms with Gasteiger partial charge in [-0.3, -0.25) is 0 Å². The lowest BCUT2D eigenvalue weighted by molar-refractivity contribution is -0.0624. The summed E-state index contributed by atoms with van der Waals surface area (Å²) in [5.74, 6) is 2.59. The lowest BCUT2D eigenvalue weighted by Crippen LogP contribution is -2.53. The molecule has 2 fully saturated rings. The fourth-order valence-corrected chi connectivity index (χ4v) is 3.95. The molecule has 2 bridgehead atoms. The summed E-state index contributed by atoms with van der Waals surface area (Å²) < 4.78 is 5.55. The maximum Gasteiger partial charge on any atom is 0.410 e. The molecule has 2 aliphatic rings. The smallest absolute Gasteiger partial charge is 0.410 e. The molecule has 1 amide bonds. The summed E-state index contributed by atoms with van der Waals surface area (Å²) in [6.45, 7) is 5.63. The molecule has 2 aliphatic heterocycles. The largest absolute Gasteiger partial charge is 0.444 e. The van der Waals surface area contributed by atoms with Crippen LogP contribution in [0.2, 0.25) is 0 Å². The molecule has 4 heteroatoms. The van der Waals surface area contributed by atoms with Crippen molar-refractivity contribution in [2.24, 2.45) is 0 Å². The van der Waals surface area contributed by atoms with E-state index in [0.717, 1.165) is 24.0 Å². The van der Waals surface area contributed by atoms with Gasteiger partial charge in [0.2, 0.25) is 0 Å². The second-order valence-corrected chi connectivity index (χ2v) is 7.93. The van der Waals surface area contributed by atoms with Gasteiger partial charge in [-0.15, -0.1) is 6.42 Å². The van der Waals surface area contributed by atoms with Crippen LogP contribution in [-0.4, -0.2) is 33.8 Å². The minimum absolute atomic E-state index is 0.0240. The van der Waals surface area contributed by atoms with Gasteiger partial charge in [-0.25, -0.2) is 4.79 Å². The fourth-order valence-electron chi connectivity index (χ4n) is 3.95. The average Bonchev–Trinajstić information content (AvgIpc) is 2.79. The van der Waals surface area contributed by atoms with Crippen LogP contribution in [0.4, 0.5) is 4.79 Å². The summed E-state index contributed by atoms with van der Waals surface area (Å²) in [6.07, 6.45) is 8.03. The van der Waals surface area contributed by atoms with Crippen molar-refractivity contribution >= 4 is 6.09 Å². The molecular weight excluding hydrogens is 302 g/mol. The molecule has 0 saturated carbocycles. The number of carbonyl (C=O) groups is 1. The van der Waals surface area contributed by atoms with Gasteiger partial charge in [-0.2, -0.15) is 0 Å². The van der Waals surface area contributed by atoms with Crippen LogP contribution in [0.1, 0.15) is 57.6 Å². The van der Waals surface area contributed by atoms with Gasteiger partial charge in [0.05, 0.1) is 5.60 Å². The van der Waals surface area contributed by atoms with E-state index in [1.165, 1.54) is 0 Å². The van der Waals surface area contributed by atoms with Crippen LogP contribution in [0.5, 0.6) is 0 Å². The average molecular weight is 327 g/mol. The minimum Gasteiger partial charge on any atom is -0.444 e. The van der Waals surface area contributed by atoms with Gasteiger partial charge in [0.15, 0.2) is 0 Å². The van der Waals surface area contributed by atoms with E-state index in [1.54, 1.807) is 0 Å². The summed E-state index contributed by atoms with van der Waals surface area (Å²) in [7, 11) is 0. The molecule has 0 aromatic heterocycles. The molecule has 1 N–H and O–H groups in total. The molecule has 0 aliphatic carbocycles. The number of benzene rings is 1. The van der Waals surface area contributed by atoms with Gasteiger partial charge in [0.25, 0.3) is 0 Å². The number of piperidine rings is 1. The highest BCUT2D eigenvalue weighted by Gasteiger charge is 2.51. The Balaban J connectivity index is 1.79. The van der Waals surface area contributed by atoms with E-state index in [4.69, 9.17) is 11.2 Å². The molecule has 128 valence electrons. The Kier molecular flexibility index (Phi) is 4.09. The Bertz CT molecular complexity index is 652. The molecular formula is C20H25NO3. The van der Waals surface area contributed by atoms with Gasteiger partial charge < -0.3 is 14.7 Å². The van der Waals surface area contributed by atoms with Crippen molar-refractivity contribution in [1.29, 1.82) is 0 Å². The monoisotopic (exact) mass is 327 g/mol. The van der Waals surface area contributed by atoms with Gasteiger partial charge >= 0.3 is 6.09 Å². The fraction of sp³-hybridized carbons (Fsp3) is 0.550. The van der Waals surface area contributed by atoms with Crippen LogP contribution in [0.15, 0.2) is 24.3 Å². The summed E-state index contributed by atoms with van der Waals surface area (Å²) in [5, 5.41) is 11.2. The second kappa shape index (κ2) is 5.82. The van der Waals surface area contributed by atoms with E-state index < -0.39 is 11.2 Å². The SMILES string of the molecule is C#Cc1ccc(C2(O)CC3CCC(C2)N3C(=O)OC(C)(C)C)cc1. The molecule has 2 unspecified atom stereocenters. The summed E-state index contributed by atoms with van der Waals surface area (Å²) in [5.41, 5.74) is 0.269. The summed E-state index contributed by atoms with van der Waals surface area (Å²) >= 11 is 0. The van der Waals surface area contributed by atoms with E-state index in [-0.39, 0.29) is 18.2 Å². The first-order chi connectivity index (χ1) is 11.2. The Hall–Kier alpha value is -1.99. The molecule has 1 aromatic rings. The first kappa shape index (κ1) is 16.9. The molecule has 1 aromatic carbocycles. The number of hydrogen-bond donors (Lipinski definition) is 1. The van der Waals surface area contributed by atoms with E-state index in [2.05, 4.69) is 5.92 Å². The number of terminal acetylenes is 1. The predicted octanol–water partition coefficient (Wildman–Crippen LogP) is 3.42. The highest BCUT2D eigenvalue weighted by Crippen LogP contribution is 2.46. The lowest BCUT2D eigenvalue weighted by atomic mass is 9.80. The summed E-state index contributed by atoms with van der Waals surface area (Å²) in [4.78, 5) is 14.3. The molecule has 3 rings (SSSR count).